The van der Waals surface area contributed by atoms with Gasteiger partial charge in [-0.2, -0.15) is 0 Å². The maximum Gasteiger partial charge on any atom is 0.191 e. The van der Waals surface area contributed by atoms with Crippen molar-refractivity contribution in [2.24, 2.45) is 4.99 Å². The first-order chi connectivity index (χ1) is 14.2. The minimum atomic E-state index is 0. The molecule has 0 radical (unpaired) electrons. The Morgan fingerprint density at radius 2 is 2.00 bits per heavy atom. The smallest absolute Gasteiger partial charge is 0.191 e. The number of hydrogen-bond donors (Lipinski definition) is 2. The van der Waals surface area contributed by atoms with Gasteiger partial charge in [-0.1, -0.05) is 12.1 Å². The first kappa shape index (κ1) is 26.9. The second-order valence-electron chi connectivity index (χ2n) is 7.14. The number of nitrogens with one attached hydrogen (secondary N) is 2. The highest BCUT2D eigenvalue weighted by Gasteiger charge is 2.17. The third-order valence-electron chi connectivity index (χ3n) is 4.93. The van der Waals surface area contributed by atoms with Crippen LogP contribution in [0, 0.1) is 0 Å². The molecule has 1 aromatic rings. The van der Waals surface area contributed by atoms with Gasteiger partial charge < -0.3 is 24.8 Å². The van der Waals surface area contributed by atoms with Crippen LogP contribution in [-0.2, 0) is 16.0 Å². The van der Waals surface area contributed by atoms with Crippen LogP contribution in [0.2, 0.25) is 0 Å². The Balaban J connectivity index is 0.00000450. The number of rotatable bonds is 12. The topological polar surface area (TPSA) is 67.4 Å². The standard InChI is InChI=1S/C22H38N4O3.HI/c1-4-23-22(24-11-15-27-5-2)25-18-19-7-6-8-21(17-19)29-16-12-26(3)20-9-13-28-14-10-20;/h6-8,17,20H,4-5,9-16,18H2,1-3H3,(H2,23,24,25);1H. The Bertz CT molecular complexity index is 598. The van der Waals surface area contributed by atoms with Gasteiger partial charge in [0.1, 0.15) is 12.4 Å². The lowest BCUT2D eigenvalue weighted by Gasteiger charge is -2.31. The largest absolute Gasteiger partial charge is 0.492 e. The Morgan fingerprint density at radius 1 is 1.20 bits per heavy atom. The summed E-state index contributed by atoms with van der Waals surface area (Å²) in [6.07, 6.45) is 2.22. The summed E-state index contributed by atoms with van der Waals surface area (Å²) < 4.78 is 16.8. The zero-order valence-corrected chi connectivity index (χ0v) is 21.0. The lowest BCUT2D eigenvalue weighted by Crippen LogP contribution is -2.39. The second kappa shape index (κ2) is 16.6. The van der Waals surface area contributed by atoms with E-state index in [4.69, 9.17) is 14.2 Å². The molecule has 2 N–H and O–H groups in total. The molecule has 1 fully saturated rings. The molecule has 172 valence electrons. The number of benzene rings is 1. The fourth-order valence-electron chi connectivity index (χ4n) is 3.25. The molecule has 2 rings (SSSR count). The molecule has 7 nitrogen and oxygen atoms in total. The number of guanidine groups is 1. The number of halogens is 1. The SMILES string of the molecule is CCNC(=NCc1cccc(OCCN(C)C2CCOCC2)c1)NCCOCC.I. The Morgan fingerprint density at radius 3 is 2.73 bits per heavy atom. The van der Waals surface area contributed by atoms with E-state index in [1.165, 1.54) is 0 Å². The highest BCUT2D eigenvalue weighted by molar-refractivity contribution is 14.0. The van der Waals surface area contributed by atoms with Gasteiger partial charge in [-0.3, -0.25) is 4.90 Å². The van der Waals surface area contributed by atoms with Gasteiger partial charge in [-0.05, 0) is 51.4 Å². The monoisotopic (exact) mass is 534 g/mol. The summed E-state index contributed by atoms with van der Waals surface area (Å²) >= 11 is 0. The third kappa shape index (κ3) is 10.8. The highest BCUT2D eigenvalue weighted by atomic mass is 127. The number of likely N-dealkylation sites (N-methyl/N-ethyl adjacent to an activating group) is 1. The Hall–Kier alpha value is -1.10. The number of aliphatic imine (C=N–C) groups is 1. The molecule has 0 unspecified atom stereocenters. The summed E-state index contributed by atoms with van der Waals surface area (Å²) in [5.41, 5.74) is 1.13. The molecule has 0 aliphatic carbocycles. The minimum absolute atomic E-state index is 0. The average Bonchev–Trinajstić information content (AvgIpc) is 2.76. The summed E-state index contributed by atoms with van der Waals surface area (Å²) in [7, 11) is 2.17. The van der Waals surface area contributed by atoms with E-state index in [9.17, 15) is 0 Å². The molecule has 8 heteroatoms. The first-order valence-corrected chi connectivity index (χ1v) is 10.8. The lowest BCUT2D eigenvalue weighted by atomic mass is 10.1. The molecular formula is C22H39IN4O3. The fourth-order valence-corrected chi connectivity index (χ4v) is 3.25. The molecule has 0 amide bonds. The van der Waals surface area contributed by atoms with E-state index < -0.39 is 0 Å². The van der Waals surface area contributed by atoms with Crippen LogP contribution in [0.5, 0.6) is 5.75 Å². The van der Waals surface area contributed by atoms with Gasteiger partial charge in [0.25, 0.3) is 0 Å². The summed E-state index contributed by atoms with van der Waals surface area (Å²) in [4.78, 5) is 7.04. The molecule has 0 aromatic heterocycles. The number of ether oxygens (including phenoxy) is 3. The van der Waals surface area contributed by atoms with Crippen LogP contribution < -0.4 is 15.4 Å². The van der Waals surface area contributed by atoms with Crippen molar-refractivity contribution >= 4 is 29.9 Å². The van der Waals surface area contributed by atoms with Crippen LogP contribution in [0.3, 0.4) is 0 Å². The van der Waals surface area contributed by atoms with Gasteiger partial charge in [0.05, 0.1) is 13.2 Å². The summed E-state index contributed by atoms with van der Waals surface area (Å²) in [5, 5.41) is 6.55. The molecule has 0 bridgehead atoms. The van der Waals surface area contributed by atoms with E-state index in [0.29, 0.717) is 25.8 Å². The molecule has 1 aliphatic rings. The second-order valence-corrected chi connectivity index (χ2v) is 7.14. The van der Waals surface area contributed by atoms with Gasteiger partial charge in [-0.15, -0.1) is 24.0 Å². The summed E-state index contributed by atoms with van der Waals surface area (Å²) in [5.74, 6) is 1.70. The normalized spacial score (nSPS) is 15.0. The van der Waals surface area contributed by atoms with Crippen molar-refractivity contribution in [1.82, 2.24) is 15.5 Å². The Kier molecular flexibility index (Phi) is 14.9. The Labute approximate surface area is 199 Å². The average molecular weight is 534 g/mol. The van der Waals surface area contributed by atoms with Gasteiger partial charge >= 0.3 is 0 Å². The molecule has 1 aromatic carbocycles. The van der Waals surface area contributed by atoms with E-state index in [1.807, 2.05) is 19.1 Å². The van der Waals surface area contributed by atoms with Crippen molar-refractivity contribution in [3.8, 4) is 5.75 Å². The van der Waals surface area contributed by atoms with Crippen LogP contribution in [0.4, 0.5) is 0 Å². The van der Waals surface area contributed by atoms with E-state index in [-0.39, 0.29) is 24.0 Å². The number of hydrogen-bond acceptors (Lipinski definition) is 5. The van der Waals surface area contributed by atoms with E-state index in [2.05, 4.69) is 46.6 Å². The van der Waals surface area contributed by atoms with Crippen LogP contribution >= 0.6 is 24.0 Å². The molecule has 1 saturated heterocycles. The van der Waals surface area contributed by atoms with E-state index in [0.717, 1.165) is 69.6 Å². The molecule has 1 aliphatic heterocycles. The summed E-state index contributed by atoms with van der Waals surface area (Å²) in [6, 6.07) is 8.79. The third-order valence-corrected chi connectivity index (χ3v) is 4.93. The van der Waals surface area contributed by atoms with Crippen molar-refractivity contribution < 1.29 is 14.2 Å². The maximum atomic E-state index is 5.99. The van der Waals surface area contributed by atoms with Crippen LogP contribution in [0.25, 0.3) is 0 Å². The minimum Gasteiger partial charge on any atom is -0.492 e. The number of nitrogens with zero attached hydrogens (tertiary/aromatic N) is 2. The molecule has 0 saturated carbocycles. The first-order valence-electron chi connectivity index (χ1n) is 10.8. The van der Waals surface area contributed by atoms with Crippen LogP contribution in [0.15, 0.2) is 29.3 Å². The fraction of sp³-hybridized carbons (Fsp3) is 0.682. The van der Waals surface area contributed by atoms with Crippen molar-refractivity contribution in [3.05, 3.63) is 29.8 Å². The van der Waals surface area contributed by atoms with Gasteiger partial charge in [0.2, 0.25) is 0 Å². The predicted octanol–water partition coefficient (Wildman–Crippen LogP) is 2.89. The van der Waals surface area contributed by atoms with E-state index in [1.54, 1.807) is 0 Å². The zero-order chi connectivity index (χ0) is 20.7. The quantitative estimate of drug-likeness (QED) is 0.186. The molecular weight excluding hydrogens is 495 g/mol. The van der Waals surface area contributed by atoms with Gasteiger partial charge in [0, 0.05) is 45.5 Å². The van der Waals surface area contributed by atoms with Gasteiger partial charge in [-0.25, -0.2) is 4.99 Å². The molecule has 0 spiro atoms. The highest BCUT2D eigenvalue weighted by Crippen LogP contribution is 2.15. The van der Waals surface area contributed by atoms with Crippen molar-refractivity contribution in [3.63, 3.8) is 0 Å². The zero-order valence-electron chi connectivity index (χ0n) is 18.7. The van der Waals surface area contributed by atoms with Crippen molar-refractivity contribution in [2.45, 2.75) is 39.3 Å². The van der Waals surface area contributed by atoms with Crippen molar-refractivity contribution in [2.75, 3.05) is 59.7 Å². The summed E-state index contributed by atoms with van der Waals surface area (Å²) in [6.45, 7) is 11.0. The van der Waals surface area contributed by atoms with Crippen LogP contribution in [0.1, 0.15) is 32.3 Å². The van der Waals surface area contributed by atoms with Crippen LogP contribution in [-0.4, -0.2) is 76.6 Å². The molecule has 1 heterocycles. The maximum absolute atomic E-state index is 5.99. The predicted molar refractivity (Wildman–Crippen MR) is 133 cm³/mol. The molecule has 0 atom stereocenters. The van der Waals surface area contributed by atoms with Crippen molar-refractivity contribution in [1.29, 1.82) is 0 Å². The van der Waals surface area contributed by atoms with Gasteiger partial charge in [0.15, 0.2) is 5.96 Å². The molecule has 30 heavy (non-hydrogen) atoms. The van der Waals surface area contributed by atoms with E-state index >= 15 is 0 Å². The lowest BCUT2D eigenvalue weighted by molar-refractivity contribution is 0.0392.